The molecule has 0 bridgehead atoms. The third-order valence-electron chi connectivity index (χ3n) is 2.44. The zero-order valence-corrected chi connectivity index (χ0v) is 11.0. The summed E-state index contributed by atoms with van der Waals surface area (Å²) >= 11 is 5.84. The van der Waals surface area contributed by atoms with E-state index in [9.17, 15) is 9.59 Å². The van der Waals surface area contributed by atoms with Gasteiger partial charge in [-0.05, 0) is 24.6 Å². The molecule has 0 aliphatic carbocycles. The van der Waals surface area contributed by atoms with E-state index in [0.717, 1.165) is 5.56 Å². The maximum absolute atomic E-state index is 11.5. The number of hydrogen-bond donors (Lipinski definition) is 4. The molecule has 1 aromatic carbocycles. The van der Waals surface area contributed by atoms with Crippen molar-refractivity contribution in [2.45, 2.75) is 19.1 Å². The Morgan fingerprint density at radius 1 is 1.42 bits per heavy atom. The summed E-state index contributed by atoms with van der Waals surface area (Å²) in [5, 5.41) is 22.9. The summed E-state index contributed by atoms with van der Waals surface area (Å²) in [6, 6.07) is 6.17. The standard InChI is InChI=1S/C12H15ClN2O4/c1-7(8-3-2-4-9(13)5-8)15-12(19)14-6-10(16)11(17)18/h2-5,7,10,16H,6H2,1H3,(H,17,18)(H2,14,15,19). The van der Waals surface area contributed by atoms with Crippen LogP contribution >= 0.6 is 11.6 Å². The smallest absolute Gasteiger partial charge is 0.334 e. The van der Waals surface area contributed by atoms with Crippen LogP contribution in [0.3, 0.4) is 0 Å². The Balaban J connectivity index is 2.46. The Bertz CT molecular complexity index is 467. The number of aliphatic hydroxyl groups is 1. The Kier molecular flexibility index (Phi) is 5.59. The first kappa shape index (κ1) is 15.3. The lowest BCUT2D eigenvalue weighted by Gasteiger charge is -2.15. The number of rotatable bonds is 5. The van der Waals surface area contributed by atoms with Crippen molar-refractivity contribution in [2.24, 2.45) is 0 Å². The van der Waals surface area contributed by atoms with Crippen LogP contribution in [0.4, 0.5) is 4.79 Å². The number of carbonyl (C=O) groups excluding carboxylic acids is 1. The summed E-state index contributed by atoms with van der Waals surface area (Å²) in [7, 11) is 0. The van der Waals surface area contributed by atoms with Crippen molar-refractivity contribution in [3.63, 3.8) is 0 Å². The van der Waals surface area contributed by atoms with Crippen molar-refractivity contribution in [1.82, 2.24) is 10.6 Å². The van der Waals surface area contributed by atoms with Gasteiger partial charge in [0.1, 0.15) is 0 Å². The third kappa shape index (κ3) is 5.15. The number of halogens is 1. The molecule has 0 aromatic heterocycles. The number of aliphatic hydroxyl groups excluding tert-OH is 1. The van der Waals surface area contributed by atoms with E-state index in [4.69, 9.17) is 21.8 Å². The molecule has 19 heavy (non-hydrogen) atoms. The minimum atomic E-state index is -1.62. The fourth-order valence-electron chi connectivity index (χ4n) is 1.38. The normalized spacial score (nSPS) is 13.4. The van der Waals surface area contributed by atoms with Crippen molar-refractivity contribution in [1.29, 1.82) is 0 Å². The number of amides is 2. The summed E-state index contributed by atoms with van der Waals surface area (Å²) < 4.78 is 0. The molecule has 1 aromatic rings. The van der Waals surface area contributed by atoms with Crippen LogP contribution in [0.1, 0.15) is 18.5 Å². The SMILES string of the molecule is CC(NC(=O)NCC(O)C(=O)O)c1cccc(Cl)c1. The van der Waals surface area contributed by atoms with Gasteiger partial charge in [-0.1, -0.05) is 23.7 Å². The van der Waals surface area contributed by atoms with E-state index in [2.05, 4.69) is 10.6 Å². The first-order valence-electron chi connectivity index (χ1n) is 5.61. The molecular weight excluding hydrogens is 272 g/mol. The van der Waals surface area contributed by atoms with Gasteiger partial charge in [-0.25, -0.2) is 9.59 Å². The minimum absolute atomic E-state index is 0.291. The van der Waals surface area contributed by atoms with Crippen molar-refractivity contribution < 1.29 is 19.8 Å². The van der Waals surface area contributed by atoms with E-state index >= 15 is 0 Å². The van der Waals surface area contributed by atoms with E-state index in [0.29, 0.717) is 5.02 Å². The molecule has 0 heterocycles. The predicted octanol–water partition coefficient (Wildman–Crippen LogP) is 1.15. The second-order valence-electron chi connectivity index (χ2n) is 3.99. The molecule has 0 spiro atoms. The fraction of sp³-hybridized carbons (Fsp3) is 0.333. The van der Waals surface area contributed by atoms with Crippen LogP contribution in [0.5, 0.6) is 0 Å². The molecule has 2 unspecified atom stereocenters. The quantitative estimate of drug-likeness (QED) is 0.652. The van der Waals surface area contributed by atoms with Gasteiger partial charge in [-0.2, -0.15) is 0 Å². The molecule has 4 N–H and O–H groups in total. The maximum atomic E-state index is 11.5. The zero-order chi connectivity index (χ0) is 14.4. The molecule has 1 rings (SSSR count). The highest BCUT2D eigenvalue weighted by atomic mass is 35.5. The minimum Gasteiger partial charge on any atom is -0.479 e. The summed E-state index contributed by atoms with van der Waals surface area (Å²) in [5.41, 5.74) is 0.821. The summed E-state index contributed by atoms with van der Waals surface area (Å²) in [6.07, 6.45) is -1.62. The van der Waals surface area contributed by atoms with Crippen LogP contribution in [0.2, 0.25) is 5.02 Å². The highest BCUT2D eigenvalue weighted by molar-refractivity contribution is 6.30. The van der Waals surface area contributed by atoms with Gasteiger partial charge >= 0.3 is 12.0 Å². The molecule has 0 fully saturated rings. The molecule has 104 valence electrons. The van der Waals surface area contributed by atoms with E-state index in [1.807, 2.05) is 6.07 Å². The van der Waals surface area contributed by atoms with E-state index in [1.165, 1.54) is 0 Å². The van der Waals surface area contributed by atoms with E-state index in [1.54, 1.807) is 25.1 Å². The average Bonchev–Trinajstić information content (AvgIpc) is 2.35. The van der Waals surface area contributed by atoms with E-state index < -0.39 is 18.1 Å². The van der Waals surface area contributed by atoms with Gasteiger partial charge in [0.05, 0.1) is 12.6 Å². The number of urea groups is 1. The Morgan fingerprint density at radius 3 is 2.68 bits per heavy atom. The lowest BCUT2D eigenvalue weighted by atomic mass is 10.1. The van der Waals surface area contributed by atoms with Crippen LogP contribution in [0, 0.1) is 0 Å². The largest absolute Gasteiger partial charge is 0.479 e. The lowest BCUT2D eigenvalue weighted by molar-refractivity contribution is -0.146. The number of nitrogens with one attached hydrogen (secondary N) is 2. The van der Waals surface area contributed by atoms with Gasteiger partial charge in [0.15, 0.2) is 6.10 Å². The number of carboxylic acids is 1. The highest BCUT2D eigenvalue weighted by Gasteiger charge is 2.15. The lowest BCUT2D eigenvalue weighted by Crippen LogP contribution is -2.42. The highest BCUT2D eigenvalue weighted by Crippen LogP contribution is 2.16. The molecule has 0 radical (unpaired) electrons. The van der Waals surface area contributed by atoms with Crippen LogP contribution in [-0.4, -0.2) is 34.9 Å². The number of carboxylic acid groups (broad SMARTS) is 1. The molecule has 6 nitrogen and oxygen atoms in total. The molecule has 0 aliphatic heterocycles. The topological polar surface area (TPSA) is 98.7 Å². The van der Waals surface area contributed by atoms with Gasteiger partial charge in [0.25, 0.3) is 0 Å². The van der Waals surface area contributed by atoms with Gasteiger partial charge in [0.2, 0.25) is 0 Å². The number of benzene rings is 1. The van der Waals surface area contributed by atoms with Crippen molar-refractivity contribution >= 4 is 23.6 Å². The van der Waals surface area contributed by atoms with Crippen LogP contribution in [0.15, 0.2) is 24.3 Å². The van der Waals surface area contributed by atoms with Crippen molar-refractivity contribution in [2.75, 3.05) is 6.54 Å². The second kappa shape index (κ2) is 6.96. The van der Waals surface area contributed by atoms with Crippen molar-refractivity contribution in [3.8, 4) is 0 Å². The first-order valence-corrected chi connectivity index (χ1v) is 5.98. The molecular formula is C12H15ClN2O4. The van der Waals surface area contributed by atoms with Gasteiger partial charge in [0, 0.05) is 5.02 Å². The van der Waals surface area contributed by atoms with Crippen LogP contribution < -0.4 is 10.6 Å². The average molecular weight is 287 g/mol. The third-order valence-corrected chi connectivity index (χ3v) is 2.67. The second-order valence-corrected chi connectivity index (χ2v) is 4.42. The van der Waals surface area contributed by atoms with Crippen LogP contribution in [-0.2, 0) is 4.79 Å². The molecule has 2 amide bonds. The van der Waals surface area contributed by atoms with Gasteiger partial charge in [-0.3, -0.25) is 0 Å². The molecule has 0 saturated heterocycles. The molecule has 7 heteroatoms. The molecule has 2 atom stereocenters. The summed E-state index contributed by atoms with van der Waals surface area (Å²) in [4.78, 5) is 21.8. The number of aliphatic carboxylic acids is 1. The van der Waals surface area contributed by atoms with Crippen molar-refractivity contribution in [3.05, 3.63) is 34.9 Å². The van der Waals surface area contributed by atoms with E-state index in [-0.39, 0.29) is 12.6 Å². The predicted molar refractivity (Wildman–Crippen MR) is 70.0 cm³/mol. The summed E-state index contributed by atoms with van der Waals surface area (Å²) in [6.45, 7) is 1.41. The van der Waals surface area contributed by atoms with Gasteiger partial charge in [-0.15, -0.1) is 0 Å². The molecule has 0 aliphatic rings. The monoisotopic (exact) mass is 286 g/mol. The Labute approximate surface area is 115 Å². The maximum Gasteiger partial charge on any atom is 0.334 e. The Morgan fingerprint density at radius 2 is 2.11 bits per heavy atom. The number of carbonyl (C=O) groups is 2. The zero-order valence-electron chi connectivity index (χ0n) is 10.3. The number of hydrogen-bond acceptors (Lipinski definition) is 3. The molecule has 0 saturated carbocycles. The fourth-order valence-corrected chi connectivity index (χ4v) is 1.58. The Hall–Kier alpha value is -1.79. The van der Waals surface area contributed by atoms with Crippen LogP contribution in [0.25, 0.3) is 0 Å². The van der Waals surface area contributed by atoms with Gasteiger partial charge < -0.3 is 20.8 Å². The first-order chi connectivity index (χ1) is 8.90. The summed E-state index contributed by atoms with van der Waals surface area (Å²) in [5.74, 6) is -1.39.